The highest BCUT2D eigenvalue weighted by Gasteiger charge is 2.33. The van der Waals surface area contributed by atoms with E-state index >= 15 is 0 Å². The van der Waals surface area contributed by atoms with Crippen LogP contribution >= 0.6 is 46.3 Å². The number of piperidine rings is 1. The normalized spacial score (nSPS) is 17.6. The topological polar surface area (TPSA) is 92.3 Å². The van der Waals surface area contributed by atoms with Crippen molar-refractivity contribution in [2.75, 3.05) is 24.2 Å². The molecule has 1 amide bonds. The Morgan fingerprint density at radius 2 is 2.10 bits per heavy atom. The molecule has 2 aromatic rings. The lowest BCUT2D eigenvalue weighted by atomic mass is 9.99. The second-order valence-electron chi connectivity index (χ2n) is 6.62. The number of hydrogen-bond donors (Lipinski definition) is 1. The molecule has 3 rings (SSSR count). The van der Waals surface area contributed by atoms with Crippen LogP contribution in [0, 0.1) is 5.92 Å². The zero-order chi connectivity index (χ0) is 21.7. The number of thioether (sulfide) groups is 1. The van der Waals surface area contributed by atoms with E-state index in [4.69, 9.17) is 23.2 Å². The van der Waals surface area contributed by atoms with Crippen molar-refractivity contribution in [3.8, 4) is 0 Å². The number of aromatic nitrogens is 2. The third-order valence-electron chi connectivity index (χ3n) is 4.50. The average molecular weight is 507 g/mol. The van der Waals surface area contributed by atoms with E-state index in [9.17, 15) is 13.2 Å². The number of nitrogens with zero attached hydrogens (tertiary/aromatic N) is 3. The maximum atomic E-state index is 12.9. The fourth-order valence-electron chi connectivity index (χ4n) is 3.01. The Morgan fingerprint density at radius 1 is 1.37 bits per heavy atom. The van der Waals surface area contributed by atoms with Gasteiger partial charge in [0.15, 0.2) is 4.34 Å². The van der Waals surface area contributed by atoms with E-state index in [0.717, 1.165) is 4.34 Å². The van der Waals surface area contributed by atoms with Crippen molar-refractivity contribution in [3.63, 3.8) is 0 Å². The summed E-state index contributed by atoms with van der Waals surface area (Å²) < 4.78 is 27.9. The summed E-state index contributed by atoms with van der Waals surface area (Å²) in [5, 5.41) is 11.7. The maximum Gasteiger partial charge on any atom is 0.230 e. The van der Waals surface area contributed by atoms with Gasteiger partial charge >= 0.3 is 0 Å². The number of halogens is 2. The Morgan fingerprint density at radius 3 is 2.80 bits per heavy atom. The van der Waals surface area contributed by atoms with Crippen LogP contribution < -0.4 is 5.32 Å². The van der Waals surface area contributed by atoms with Gasteiger partial charge in [0.05, 0.1) is 11.7 Å². The van der Waals surface area contributed by atoms with E-state index in [1.165, 1.54) is 27.4 Å². The molecule has 0 unspecified atom stereocenters. The number of rotatable bonds is 8. The van der Waals surface area contributed by atoms with Gasteiger partial charge in [-0.05, 0) is 25.0 Å². The molecule has 1 N–H and O–H groups in total. The number of sulfonamides is 1. The van der Waals surface area contributed by atoms with Crippen LogP contribution in [0.2, 0.25) is 10.0 Å². The molecule has 0 aliphatic carbocycles. The van der Waals surface area contributed by atoms with Gasteiger partial charge in [-0.25, -0.2) is 12.7 Å². The lowest BCUT2D eigenvalue weighted by molar-refractivity contribution is -0.120. The van der Waals surface area contributed by atoms with E-state index < -0.39 is 15.9 Å². The molecule has 7 nitrogen and oxygen atoms in total. The van der Waals surface area contributed by atoms with Crippen molar-refractivity contribution in [2.45, 2.75) is 22.9 Å². The van der Waals surface area contributed by atoms with Crippen molar-refractivity contribution >= 4 is 67.4 Å². The molecule has 1 aromatic carbocycles. The van der Waals surface area contributed by atoms with Crippen LogP contribution in [0.4, 0.5) is 5.13 Å². The Kier molecular flexibility index (Phi) is 8.17. The number of carbonyl (C=O) groups is 1. The monoisotopic (exact) mass is 506 g/mol. The minimum absolute atomic E-state index is 0.104. The first-order valence-corrected chi connectivity index (χ1v) is 13.3. The minimum atomic E-state index is -3.68. The molecule has 1 saturated heterocycles. The van der Waals surface area contributed by atoms with Crippen LogP contribution in [0.25, 0.3) is 0 Å². The zero-order valence-electron chi connectivity index (χ0n) is 15.9. The Balaban J connectivity index is 1.64. The quantitative estimate of drug-likeness (QED) is 0.325. The first-order valence-electron chi connectivity index (χ1n) is 9.09. The molecule has 1 aliphatic heterocycles. The average Bonchev–Trinajstić information content (AvgIpc) is 3.16. The van der Waals surface area contributed by atoms with Gasteiger partial charge in [0.25, 0.3) is 0 Å². The molecule has 0 bridgehead atoms. The lowest BCUT2D eigenvalue weighted by Gasteiger charge is -2.31. The summed E-state index contributed by atoms with van der Waals surface area (Å²) in [6.07, 6.45) is 2.95. The van der Waals surface area contributed by atoms with Gasteiger partial charge in [0, 0.05) is 34.5 Å². The number of hydrogen-bond acceptors (Lipinski definition) is 7. The van der Waals surface area contributed by atoms with Gasteiger partial charge < -0.3 is 5.32 Å². The van der Waals surface area contributed by atoms with Gasteiger partial charge in [-0.15, -0.1) is 16.8 Å². The molecule has 1 aromatic heterocycles. The number of anilines is 1. The summed E-state index contributed by atoms with van der Waals surface area (Å²) >= 11 is 15.0. The van der Waals surface area contributed by atoms with Crippen molar-refractivity contribution in [2.24, 2.45) is 5.92 Å². The maximum absolute atomic E-state index is 12.9. The molecule has 12 heteroatoms. The summed E-state index contributed by atoms with van der Waals surface area (Å²) in [6.45, 7) is 4.11. The Labute approximate surface area is 193 Å². The minimum Gasteiger partial charge on any atom is -0.300 e. The second-order valence-corrected chi connectivity index (χ2v) is 11.6. The Bertz CT molecular complexity index is 1010. The molecule has 0 saturated carbocycles. The third-order valence-corrected chi connectivity index (χ3v) is 8.95. The van der Waals surface area contributed by atoms with Gasteiger partial charge in [-0.1, -0.05) is 58.4 Å². The van der Waals surface area contributed by atoms with Crippen LogP contribution in [0.1, 0.15) is 18.4 Å². The van der Waals surface area contributed by atoms with E-state index in [-0.39, 0.29) is 18.2 Å². The highest BCUT2D eigenvalue weighted by Crippen LogP contribution is 2.30. The van der Waals surface area contributed by atoms with E-state index in [1.54, 1.807) is 24.3 Å². The van der Waals surface area contributed by atoms with Crippen molar-refractivity contribution in [3.05, 3.63) is 46.5 Å². The molecular weight excluding hydrogens is 487 g/mol. The van der Waals surface area contributed by atoms with Crippen LogP contribution in [0.15, 0.2) is 35.2 Å². The van der Waals surface area contributed by atoms with Gasteiger partial charge in [-0.2, -0.15) is 0 Å². The van der Waals surface area contributed by atoms with Crippen molar-refractivity contribution in [1.82, 2.24) is 14.5 Å². The first kappa shape index (κ1) is 23.5. The van der Waals surface area contributed by atoms with E-state index in [2.05, 4.69) is 22.1 Å². The zero-order valence-corrected chi connectivity index (χ0v) is 19.8. The smallest absolute Gasteiger partial charge is 0.230 e. The lowest BCUT2D eigenvalue weighted by Crippen LogP contribution is -2.44. The molecule has 0 radical (unpaired) electrons. The van der Waals surface area contributed by atoms with E-state index in [0.29, 0.717) is 45.9 Å². The summed E-state index contributed by atoms with van der Waals surface area (Å²) in [4.78, 5) is 12.7. The van der Waals surface area contributed by atoms with Crippen LogP contribution in [-0.4, -0.2) is 47.7 Å². The van der Waals surface area contributed by atoms with Gasteiger partial charge in [0.2, 0.25) is 21.1 Å². The van der Waals surface area contributed by atoms with Crippen LogP contribution in [0.3, 0.4) is 0 Å². The molecule has 162 valence electrons. The third kappa shape index (κ3) is 5.95. The van der Waals surface area contributed by atoms with Gasteiger partial charge in [0.1, 0.15) is 0 Å². The van der Waals surface area contributed by atoms with Gasteiger partial charge in [-0.3, -0.25) is 4.79 Å². The van der Waals surface area contributed by atoms with Crippen molar-refractivity contribution < 1.29 is 13.2 Å². The molecular formula is C18H20Cl2N4O3S3. The Hall–Kier alpha value is -1.17. The largest absolute Gasteiger partial charge is 0.300 e. The standard InChI is InChI=1S/C18H20Cl2N4O3S3/c1-2-9-28-18-23-22-17(29-18)21-16(25)12-5-4-8-24(10-12)30(26,27)11-13-14(19)6-3-7-15(13)20/h2-3,6-7,12H,1,4-5,8-11H2,(H,21,22,25)/t12-/m0/s1. The summed E-state index contributed by atoms with van der Waals surface area (Å²) in [5.41, 5.74) is 0.367. The molecule has 30 heavy (non-hydrogen) atoms. The highest BCUT2D eigenvalue weighted by molar-refractivity contribution is 8.01. The summed E-state index contributed by atoms with van der Waals surface area (Å²) in [7, 11) is -3.68. The SMILES string of the molecule is C=CCSc1nnc(NC(=O)[C@H]2CCCN(S(=O)(=O)Cc3c(Cl)cccc3Cl)C2)s1. The van der Waals surface area contributed by atoms with Crippen LogP contribution in [0.5, 0.6) is 0 Å². The second kappa shape index (κ2) is 10.4. The first-order chi connectivity index (χ1) is 14.3. The molecule has 2 heterocycles. The predicted octanol–water partition coefficient (Wildman–Crippen LogP) is 4.30. The summed E-state index contributed by atoms with van der Waals surface area (Å²) in [6, 6.07) is 4.87. The van der Waals surface area contributed by atoms with Crippen molar-refractivity contribution in [1.29, 1.82) is 0 Å². The summed E-state index contributed by atoms with van der Waals surface area (Å²) in [5.74, 6) is -0.335. The number of carbonyl (C=O) groups excluding carboxylic acids is 1. The predicted molar refractivity (Wildman–Crippen MR) is 123 cm³/mol. The highest BCUT2D eigenvalue weighted by atomic mass is 35.5. The molecule has 1 fully saturated rings. The fourth-order valence-corrected chi connectivity index (χ4v) is 6.89. The fraction of sp³-hybridized carbons (Fsp3) is 0.389. The molecule has 0 spiro atoms. The molecule has 1 aliphatic rings. The molecule has 1 atom stereocenters. The number of amides is 1. The number of nitrogens with one attached hydrogen (secondary N) is 1. The van der Waals surface area contributed by atoms with E-state index in [1.807, 2.05) is 0 Å². The number of benzene rings is 1. The van der Waals surface area contributed by atoms with Crippen LogP contribution in [-0.2, 0) is 20.6 Å².